The molecule has 8 amide bonds. The molecule has 0 aliphatic carbocycles. The summed E-state index contributed by atoms with van der Waals surface area (Å²) in [6.45, 7) is 1.80. The molecule has 35 heteroatoms. The second-order valence-corrected chi connectivity index (χ2v) is 21.2. The predicted molar refractivity (Wildman–Crippen MR) is 308 cm³/mol. The van der Waals surface area contributed by atoms with Crippen LogP contribution in [0.15, 0.2) is 0 Å². The lowest BCUT2D eigenvalue weighted by atomic mass is 9.97. The van der Waals surface area contributed by atoms with Gasteiger partial charge in [0.15, 0.2) is 18.8 Å². The van der Waals surface area contributed by atoms with Gasteiger partial charge in [0.25, 0.3) is 0 Å². The zero-order valence-electron chi connectivity index (χ0n) is 51.8. The Kier molecular flexibility index (Phi) is 41.2. The van der Waals surface area contributed by atoms with Crippen molar-refractivity contribution in [3.05, 3.63) is 0 Å². The molecule has 0 radical (unpaired) electrons. The van der Waals surface area contributed by atoms with Crippen LogP contribution in [0.2, 0.25) is 0 Å². The number of nitrogens with one attached hydrogen (secondary N) is 8. The minimum atomic E-state index is -1.71. The van der Waals surface area contributed by atoms with Gasteiger partial charge in [-0.25, -0.2) is 0 Å². The van der Waals surface area contributed by atoms with Crippen LogP contribution in [0.5, 0.6) is 0 Å². The SMILES string of the molecule is COC(CO)C(O)C(O)C(NC(C)=O)OCCOCCNC(=O)C(CCC(=O)NC(CCC(=O)NCCOCCOC1OC(CO)C(O)C(O)C1NC(C)=O)C(=O)NCCOCCOC1OC(CO)C(O)C(O)C1NC(C)=O)NC(=O)CCCCCCC(C)=O. The van der Waals surface area contributed by atoms with E-state index in [2.05, 4.69) is 42.5 Å². The summed E-state index contributed by atoms with van der Waals surface area (Å²) in [6.07, 6.45) is -15.4. The lowest BCUT2D eigenvalue weighted by Gasteiger charge is -2.42. The topological polar surface area (TPSA) is 515 Å². The molecule has 90 heavy (non-hydrogen) atoms. The summed E-state index contributed by atoms with van der Waals surface area (Å²) in [5.41, 5.74) is 0. The lowest BCUT2D eigenvalue weighted by molar-refractivity contribution is -0.272. The standard InChI is InChI=1S/C55H98N8O27/c1-31(67)10-8-6-7-9-11-41(72)62-36(52(81)58-17-20-84-22-25-86-53(61-34(4)70)50(79)45(74)37(28-64)82-5)13-15-42(73)63-35(51(80)57-18-21-85-24-27-88-55-44(60-33(3)69)49(78)47(76)39(30-66)90-55)12-14-40(71)56-16-19-83-23-26-87-54-43(59-32(2)68)48(77)46(75)38(29-65)89-54/h35-39,43-50,53-55,64-66,74-79H,6-30H2,1-5H3,(H,56,71)(H,57,80)(H,58,81)(H,59,68)(H,60,69)(H,61,70)(H,62,72)(H,63,73). The Hall–Kier alpha value is -5.29. The first-order valence-corrected chi connectivity index (χ1v) is 29.9. The monoisotopic (exact) mass is 1300 g/mol. The van der Waals surface area contributed by atoms with Crippen LogP contribution in [0.4, 0.5) is 0 Å². The molecule has 520 valence electrons. The Morgan fingerprint density at radius 3 is 1.33 bits per heavy atom. The second kappa shape index (κ2) is 45.9. The van der Waals surface area contributed by atoms with Crippen molar-refractivity contribution in [2.24, 2.45) is 0 Å². The molecule has 0 aromatic heterocycles. The molecular weight excluding hydrogens is 1200 g/mol. The van der Waals surface area contributed by atoms with Gasteiger partial charge in [-0.2, -0.15) is 0 Å². The molecule has 2 heterocycles. The number of hydrogen-bond acceptors (Lipinski definition) is 27. The van der Waals surface area contributed by atoms with Crippen molar-refractivity contribution < 1.29 is 132 Å². The molecule has 0 aromatic rings. The van der Waals surface area contributed by atoms with Gasteiger partial charge in [-0.3, -0.25) is 38.4 Å². The molecule has 2 aliphatic heterocycles. The van der Waals surface area contributed by atoms with Gasteiger partial charge in [0.2, 0.25) is 47.3 Å². The van der Waals surface area contributed by atoms with Crippen molar-refractivity contribution >= 4 is 53.0 Å². The summed E-state index contributed by atoms with van der Waals surface area (Å²) in [5, 5.41) is 111. The van der Waals surface area contributed by atoms with Crippen molar-refractivity contribution in [1.29, 1.82) is 0 Å². The highest BCUT2D eigenvalue weighted by Gasteiger charge is 2.47. The number of carbonyl (C=O) groups is 9. The van der Waals surface area contributed by atoms with Crippen LogP contribution in [0.3, 0.4) is 0 Å². The van der Waals surface area contributed by atoms with Crippen LogP contribution in [0.1, 0.15) is 91.9 Å². The zero-order valence-corrected chi connectivity index (χ0v) is 51.8. The van der Waals surface area contributed by atoms with Crippen LogP contribution in [-0.2, 0) is 85.8 Å². The van der Waals surface area contributed by atoms with Crippen molar-refractivity contribution in [1.82, 2.24) is 42.5 Å². The number of aliphatic hydroxyl groups is 9. The number of hydrogen-bond donors (Lipinski definition) is 17. The molecule has 0 bridgehead atoms. The molecule has 2 fully saturated rings. The Labute approximate surface area is 521 Å². The quantitative estimate of drug-likeness (QED) is 0.0199. The van der Waals surface area contributed by atoms with Crippen molar-refractivity contribution in [2.45, 2.75) is 190 Å². The molecule has 2 saturated heterocycles. The van der Waals surface area contributed by atoms with Crippen molar-refractivity contribution in [3.8, 4) is 0 Å². The van der Waals surface area contributed by atoms with Crippen molar-refractivity contribution in [2.75, 3.05) is 106 Å². The van der Waals surface area contributed by atoms with Crippen LogP contribution in [-0.4, -0.2) is 303 Å². The number of Topliss-reactive ketones (excluding diaryl/α,β-unsaturated/α-hetero) is 1. The fourth-order valence-electron chi connectivity index (χ4n) is 9.08. The number of amides is 8. The Morgan fingerprint density at radius 1 is 0.478 bits per heavy atom. The number of ketones is 1. The maximum atomic E-state index is 13.7. The largest absolute Gasteiger partial charge is 0.394 e. The van der Waals surface area contributed by atoms with E-state index in [9.17, 15) is 89.1 Å². The highest BCUT2D eigenvalue weighted by molar-refractivity contribution is 5.90. The van der Waals surface area contributed by atoms with E-state index in [1.165, 1.54) is 27.9 Å². The third kappa shape index (κ3) is 31.8. The van der Waals surface area contributed by atoms with Gasteiger partial charge in [0.05, 0.1) is 79.3 Å². The maximum Gasteiger partial charge on any atom is 0.242 e. The van der Waals surface area contributed by atoms with Gasteiger partial charge >= 0.3 is 0 Å². The summed E-state index contributed by atoms with van der Waals surface area (Å²) in [5.74, 6) is -4.86. The molecule has 35 nitrogen and oxygen atoms in total. The van der Waals surface area contributed by atoms with E-state index in [4.69, 9.17) is 42.6 Å². The van der Waals surface area contributed by atoms with E-state index in [-0.39, 0.29) is 111 Å². The van der Waals surface area contributed by atoms with Gasteiger partial charge in [0, 0.05) is 73.2 Å². The fourth-order valence-corrected chi connectivity index (χ4v) is 9.08. The fraction of sp³-hybridized carbons (Fsp3) is 0.836. The molecule has 0 aromatic carbocycles. The normalized spacial score (nSPS) is 23.6. The van der Waals surface area contributed by atoms with Gasteiger partial charge in [-0.1, -0.05) is 12.8 Å². The Morgan fingerprint density at radius 2 is 0.911 bits per heavy atom. The summed E-state index contributed by atoms with van der Waals surface area (Å²) >= 11 is 0. The summed E-state index contributed by atoms with van der Waals surface area (Å²) < 4.78 is 49.3. The van der Waals surface area contributed by atoms with E-state index in [0.717, 1.165) is 6.92 Å². The number of ether oxygens (including phenoxy) is 9. The van der Waals surface area contributed by atoms with Gasteiger partial charge < -0.3 is 136 Å². The van der Waals surface area contributed by atoms with Gasteiger partial charge in [0.1, 0.15) is 84.9 Å². The molecule has 2 aliphatic rings. The first-order chi connectivity index (χ1) is 42.9. The van der Waals surface area contributed by atoms with E-state index < -0.39 is 171 Å². The zero-order chi connectivity index (χ0) is 67.1. The molecular formula is C55H98N8O27. The summed E-state index contributed by atoms with van der Waals surface area (Å²) in [6, 6.07) is -4.96. The summed E-state index contributed by atoms with van der Waals surface area (Å²) in [7, 11) is 1.20. The average molecular weight is 1300 g/mol. The van der Waals surface area contributed by atoms with E-state index in [0.29, 0.717) is 32.1 Å². The predicted octanol–water partition coefficient (Wildman–Crippen LogP) is -8.03. The second-order valence-electron chi connectivity index (χ2n) is 21.2. The minimum absolute atomic E-state index is 0.0180. The van der Waals surface area contributed by atoms with E-state index >= 15 is 0 Å². The summed E-state index contributed by atoms with van der Waals surface area (Å²) in [4.78, 5) is 114. The number of aliphatic hydroxyl groups excluding tert-OH is 9. The maximum absolute atomic E-state index is 13.7. The third-order valence-electron chi connectivity index (χ3n) is 13.9. The number of unbranched alkanes of at least 4 members (excludes halogenated alkanes) is 3. The van der Waals surface area contributed by atoms with Gasteiger partial charge in [-0.15, -0.1) is 0 Å². The molecule has 16 atom stereocenters. The number of carbonyl (C=O) groups excluding carboxylic acids is 9. The molecule has 0 spiro atoms. The van der Waals surface area contributed by atoms with Crippen LogP contribution >= 0.6 is 0 Å². The molecule has 0 saturated carbocycles. The lowest BCUT2D eigenvalue weighted by Crippen LogP contribution is -2.64. The average Bonchev–Trinajstić information content (AvgIpc) is 1.10. The van der Waals surface area contributed by atoms with Gasteiger partial charge in [-0.05, 0) is 32.6 Å². The first-order valence-electron chi connectivity index (χ1n) is 29.9. The minimum Gasteiger partial charge on any atom is -0.394 e. The molecule has 16 unspecified atom stereocenters. The highest BCUT2D eigenvalue weighted by atomic mass is 16.7. The van der Waals surface area contributed by atoms with Crippen LogP contribution in [0, 0.1) is 0 Å². The smallest absolute Gasteiger partial charge is 0.242 e. The number of methoxy groups -OCH3 is 1. The van der Waals surface area contributed by atoms with E-state index in [1.54, 1.807) is 0 Å². The van der Waals surface area contributed by atoms with Crippen LogP contribution in [0.25, 0.3) is 0 Å². The first kappa shape index (κ1) is 80.8. The van der Waals surface area contributed by atoms with Crippen molar-refractivity contribution in [3.63, 3.8) is 0 Å². The third-order valence-corrected chi connectivity index (χ3v) is 13.9. The highest BCUT2D eigenvalue weighted by Crippen LogP contribution is 2.24. The Bertz CT molecular complexity index is 2140. The van der Waals surface area contributed by atoms with Crippen LogP contribution < -0.4 is 42.5 Å². The number of rotatable bonds is 48. The Balaban J connectivity index is 2.10. The van der Waals surface area contributed by atoms with E-state index in [1.807, 2.05) is 0 Å². The molecule has 17 N–H and O–H groups in total. The molecule has 2 rings (SSSR count).